The van der Waals surface area contributed by atoms with Crippen molar-refractivity contribution in [2.75, 3.05) is 0 Å². The van der Waals surface area contributed by atoms with Crippen molar-refractivity contribution < 1.29 is 9.53 Å². The van der Waals surface area contributed by atoms with Gasteiger partial charge in [-0.25, -0.2) is 9.97 Å². The van der Waals surface area contributed by atoms with Gasteiger partial charge >= 0.3 is 5.97 Å². The average molecular weight is 463 g/mol. The largest absolute Gasteiger partial charge is 0.426 e. The number of carbonyl (C=O) groups excluding carboxylic acids is 1. The van der Waals surface area contributed by atoms with Crippen LogP contribution in [0.15, 0.2) is 36.7 Å². The smallest absolute Gasteiger partial charge is 0.314 e. The van der Waals surface area contributed by atoms with Gasteiger partial charge in [0.05, 0.1) is 5.92 Å². The monoisotopic (exact) mass is 462 g/mol. The molecule has 0 amide bonds. The van der Waals surface area contributed by atoms with Crippen molar-refractivity contribution in [1.82, 2.24) is 9.97 Å². The van der Waals surface area contributed by atoms with Gasteiger partial charge in [0, 0.05) is 18.0 Å². The van der Waals surface area contributed by atoms with Crippen LogP contribution in [0, 0.1) is 17.8 Å². The van der Waals surface area contributed by atoms with Crippen molar-refractivity contribution in [1.29, 1.82) is 0 Å². The summed E-state index contributed by atoms with van der Waals surface area (Å²) in [5, 5.41) is 0. The molecule has 1 aromatic carbocycles. The van der Waals surface area contributed by atoms with Crippen molar-refractivity contribution in [3.63, 3.8) is 0 Å². The van der Waals surface area contributed by atoms with Gasteiger partial charge in [-0.2, -0.15) is 0 Å². The van der Waals surface area contributed by atoms with Gasteiger partial charge < -0.3 is 4.74 Å². The van der Waals surface area contributed by atoms with E-state index in [9.17, 15) is 4.79 Å². The van der Waals surface area contributed by atoms with E-state index < -0.39 is 0 Å². The fourth-order valence-corrected chi connectivity index (χ4v) is 5.94. The second kappa shape index (κ2) is 12.5. The van der Waals surface area contributed by atoms with E-state index in [0.29, 0.717) is 11.7 Å². The molecule has 0 saturated heterocycles. The molecule has 2 aromatic rings. The van der Waals surface area contributed by atoms with Crippen LogP contribution in [0.2, 0.25) is 0 Å². The Hall–Kier alpha value is -2.23. The standard InChI is InChI=1S/C30H42N2O2/c1-3-5-7-23-10-14-26(15-11-23)30(33)34-28-18-16-25(17-19-28)29-31-20-27(21-32-29)24-12-8-22(6-4-2)9-13-24/h16-24,26H,3-15H2,1-2H3/t22-,23-,24-,26-. The van der Waals surface area contributed by atoms with Crippen LogP contribution in [-0.4, -0.2) is 15.9 Å². The molecular formula is C30H42N2O2. The number of hydrogen-bond acceptors (Lipinski definition) is 4. The van der Waals surface area contributed by atoms with Crippen LogP contribution in [0.25, 0.3) is 11.4 Å². The zero-order chi connectivity index (χ0) is 23.8. The number of aromatic nitrogens is 2. The minimum absolute atomic E-state index is 0.0467. The second-order valence-electron chi connectivity index (χ2n) is 10.7. The number of benzene rings is 1. The van der Waals surface area contributed by atoms with Crippen LogP contribution in [0.1, 0.15) is 109 Å². The van der Waals surface area contributed by atoms with Gasteiger partial charge in [-0.15, -0.1) is 0 Å². The molecular weight excluding hydrogens is 420 g/mol. The first-order valence-electron chi connectivity index (χ1n) is 13.8. The van der Waals surface area contributed by atoms with Crippen molar-refractivity contribution in [2.24, 2.45) is 17.8 Å². The number of esters is 1. The molecule has 0 radical (unpaired) electrons. The van der Waals surface area contributed by atoms with Gasteiger partial charge in [0.1, 0.15) is 5.75 Å². The molecule has 4 rings (SSSR count). The third kappa shape index (κ3) is 6.67. The molecule has 4 nitrogen and oxygen atoms in total. The van der Waals surface area contributed by atoms with Gasteiger partial charge in [-0.3, -0.25) is 4.79 Å². The lowest BCUT2D eigenvalue weighted by molar-refractivity contribution is -0.140. The van der Waals surface area contributed by atoms with Crippen LogP contribution in [-0.2, 0) is 4.79 Å². The fourth-order valence-electron chi connectivity index (χ4n) is 5.94. The third-order valence-electron chi connectivity index (χ3n) is 8.16. The average Bonchev–Trinajstić information content (AvgIpc) is 2.89. The van der Waals surface area contributed by atoms with E-state index in [4.69, 9.17) is 4.74 Å². The predicted molar refractivity (Wildman–Crippen MR) is 138 cm³/mol. The summed E-state index contributed by atoms with van der Waals surface area (Å²) in [6.07, 6.45) is 20.0. The molecule has 2 aliphatic rings. The number of hydrogen-bond donors (Lipinski definition) is 0. The summed E-state index contributed by atoms with van der Waals surface area (Å²) in [5.41, 5.74) is 2.23. The Labute approximate surface area is 205 Å². The minimum Gasteiger partial charge on any atom is -0.426 e. The van der Waals surface area contributed by atoms with Gasteiger partial charge in [-0.1, -0.05) is 46.0 Å². The molecule has 34 heavy (non-hydrogen) atoms. The summed E-state index contributed by atoms with van der Waals surface area (Å²) < 4.78 is 5.71. The number of unbranched alkanes of at least 4 members (excludes halogenated alkanes) is 1. The topological polar surface area (TPSA) is 52.1 Å². The Morgan fingerprint density at radius 2 is 1.44 bits per heavy atom. The fraction of sp³-hybridized carbons (Fsp3) is 0.633. The Morgan fingerprint density at radius 1 is 0.824 bits per heavy atom. The summed E-state index contributed by atoms with van der Waals surface area (Å²) in [4.78, 5) is 21.9. The van der Waals surface area contributed by atoms with Crippen LogP contribution >= 0.6 is 0 Å². The molecule has 1 aromatic heterocycles. The Kier molecular flexibility index (Phi) is 9.12. The van der Waals surface area contributed by atoms with Crippen LogP contribution in [0.3, 0.4) is 0 Å². The lowest BCUT2D eigenvalue weighted by Gasteiger charge is -2.28. The summed E-state index contributed by atoms with van der Waals surface area (Å²) in [5.74, 6) is 3.63. The second-order valence-corrected chi connectivity index (χ2v) is 10.7. The molecule has 0 N–H and O–H groups in total. The lowest BCUT2D eigenvalue weighted by Crippen LogP contribution is -2.25. The van der Waals surface area contributed by atoms with Gasteiger partial charge in [0.15, 0.2) is 5.82 Å². The first kappa shape index (κ1) is 24.9. The Morgan fingerprint density at radius 3 is 2.06 bits per heavy atom. The summed E-state index contributed by atoms with van der Waals surface area (Å²) in [6, 6.07) is 7.64. The molecule has 0 bridgehead atoms. The highest BCUT2D eigenvalue weighted by atomic mass is 16.5. The van der Waals surface area contributed by atoms with E-state index in [-0.39, 0.29) is 11.9 Å². The lowest BCUT2D eigenvalue weighted by atomic mass is 9.78. The minimum atomic E-state index is -0.0732. The molecule has 0 aliphatic heterocycles. The van der Waals surface area contributed by atoms with E-state index in [1.807, 2.05) is 36.7 Å². The normalized spacial score (nSPS) is 25.1. The maximum Gasteiger partial charge on any atom is 0.314 e. The SMILES string of the molecule is CCCC[C@H]1CC[C@H](C(=O)Oc2ccc(-c3ncc([C@H]4CC[C@H](CCC)CC4)cn3)cc2)CC1. The number of ether oxygens (including phenoxy) is 1. The van der Waals surface area contributed by atoms with E-state index >= 15 is 0 Å². The first-order valence-corrected chi connectivity index (χ1v) is 13.8. The third-order valence-corrected chi connectivity index (χ3v) is 8.16. The zero-order valence-electron chi connectivity index (χ0n) is 21.2. The molecule has 4 heteroatoms. The highest BCUT2D eigenvalue weighted by Crippen LogP contribution is 2.37. The Bertz CT molecular complexity index is 877. The van der Waals surface area contributed by atoms with Crippen molar-refractivity contribution in [3.8, 4) is 17.1 Å². The maximum atomic E-state index is 12.6. The van der Waals surface area contributed by atoms with E-state index in [0.717, 1.165) is 48.9 Å². The van der Waals surface area contributed by atoms with Crippen molar-refractivity contribution >= 4 is 5.97 Å². The number of carbonyl (C=O) groups is 1. The van der Waals surface area contributed by atoms with Crippen LogP contribution < -0.4 is 4.74 Å². The van der Waals surface area contributed by atoms with Crippen LogP contribution in [0.5, 0.6) is 5.75 Å². The number of nitrogens with zero attached hydrogens (tertiary/aromatic N) is 2. The highest BCUT2D eigenvalue weighted by Gasteiger charge is 2.27. The quantitative estimate of drug-likeness (QED) is 0.279. The molecule has 2 fully saturated rings. The van der Waals surface area contributed by atoms with E-state index in [2.05, 4.69) is 23.8 Å². The maximum absolute atomic E-state index is 12.6. The van der Waals surface area contributed by atoms with Crippen molar-refractivity contribution in [2.45, 2.75) is 103 Å². The highest BCUT2D eigenvalue weighted by molar-refractivity contribution is 5.75. The van der Waals surface area contributed by atoms with Crippen LogP contribution in [0.4, 0.5) is 0 Å². The Balaban J connectivity index is 1.27. The molecule has 0 unspecified atom stereocenters. The molecule has 2 aliphatic carbocycles. The van der Waals surface area contributed by atoms with E-state index in [1.165, 1.54) is 63.4 Å². The molecule has 2 saturated carbocycles. The summed E-state index contributed by atoms with van der Waals surface area (Å²) >= 11 is 0. The predicted octanol–water partition coefficient (Wildman–Crippen LogP) is 8.12. The van der Waals surface area contributed by atoms with Gasteiger partial charge in [-0.05, 0) is 98.9 Å². The van der Waals surface area contributed by atoms with Crippen molar-refractivity contribution in [3.05, 3.63) is 42.2 Å². The van der Waals surface area contributed by atoms with E-state index in [1.54, 1.807) is 0 Å². The van der Waals surface area contributed by atoms with Gasteiger partial charge in [0.25, 0.3) is 0 Å². The molecule has 0 spiro atoms. The molecule has 184 valence electrons. The summed E-state index contributed by atoms with van der Waals surface area (Å²) in [7, 11) is 0. The van der Waals surface area contributed by atoms with Gasteiger partial charge in [0.2, 0.25) is 0 Å². The molecule has 1 heterocycles. The first-order chi connectivity index (χ1) is 16.7. The zero-order valence-corrected chi connectivity index (χ0v) is 21.2. The summed E-state index contributed by atoms with van der Waals surface area (Å²) in [6.45, 7) is 4.53. The number of rotatable bonds is 9. The molecule has 0 atom stereocenters.